The van der Waals surface area contributed by atoms with E-state index in [1.807, 2.05) is 26.1 Å². The lowest BCUT2D eigenvalue weighted by Crippen LogP contribution is -2.17. The van der Waals surface area contributed by atoms with E-state index in [4.69, 9.17) is 5.26 Å². The van der Waals surface area contributed by atoms with Gasteiger partial charge in [0, 0.05) is 19.8 Å². The van der Waals surface area contributed by atoms with E-state index in [2.05, 4.69) is 10.3 Å². The van der Waals surface area contributed by atoms with Gasteiger partial charge in [0.25, 0.3) is 0 Å². The van der Waals surface area contributed by atoms with Gasteiger partial charge in [0.1, 0.15) is 17.5 Å². The van der Waals surface area contributed by atoms with Crippen LogP contribution in [0.4, 0.5) is 25.8 Å². The highest BCUT2D eigenvalue weighted by molar-refractivity contribution is 6.03. The molecule has 2 aromatic carbocycles. The van der Waals surface area contributed by atoms with Crippen LogP contribution in [-0.2, 0) is 18.3 Å². The van der Waals surface area contributed by atoms with Crippen molar-refractivity contribution in [2.45, 2.75) is 25.9 Å². The molecule has 1 amide bonds. The molecule has 1 heterocycles. The molecule has 3 aromatic rings. The van der Waals surface area contributed by atoms with Gasteiger partial charge in [0.2, 0.25) is 5.91 Å². The lowest BCUT2D eigenvalue weighted by atomic mass is 10.0. The van der Waals surface area contributed by atoms with Crippen LogP contribution in [-0.4, -0.2) is 28.7 Å². The van der Waals surface area contributed by atoms with Crippen LogP contribution in [0.1, 0.15) is 24.5 Å². The average molecular weight is 409 g/mol. The normalized spacial score (nSPS) is 17.6. The lowest BCUT2D eigenvalue weighted by Gasteiger charge is -2.24. The zero-order valence-electron chi connectivity index (χ0n) is 16.9. The second kappa shape index (κ2) is 7.41. The predicted octanol–water partition coefficient (Wildman–Crippen LogP) is 4.21. The Morgan fingerprint density at radius 2 is 2.13 bits per heavy atom. The highest BCUT2D eigenvalue weighted by Crippen LogP contribution is 2.38. The monoisotopic (exact) mass is 409 g/mol. The summed E-state index contributed by atoms with van der Waals surface area (Å²) in [7, 11) is 3.55. The molecule has 8 heteroatoms. The number of nitrogens with one attached hydrogen (secondary N) is 1. The first-order chi connectivity index (χ1) is 14.3. The van der Waals surface area contributed by atoms with Crippen molar-refractivity contribution in [1.82, 2.24) is 9.55 Å². The summed E-state index contributed by atoms with van der Waals surface area (Å²) in [5.41, 5.74) is 3.73. The molecule has 1 unspecified atom stereocenters. The van der Waals surface area contributed by atoms with Crippen molar-refractivity contribution < 1.29 is 13.6 Å². The van der Waals surface area contributed by atoms with E-state index >= 15 is 0 Å². The first-order valence-electron chi connectivity index (χ1n) is 9.70. The number of aromatic nitrogens is 2. The fourth-order valence-corrected chi connectivity index (χ4v) is 3.66. The van der Waals surface area contributed by atoms with Crippen LogP contribution < -0.4 is 10.2 Å². The molecule has 1 aliphatic rings. The number of halogens is 2. The smallest absolute Gasteiger partial charge is 0.230 e. The Balaban J connectivity index is 1.80. The molecule has 0 bridgehead atoms. The van der Waals surface area contributed by atoms with Crippen molar-refractivity contribution >= 4 is 34.0 Å². The number of alkyl halides is 1. The minimum atomic E-state index is -1.10. The molecule has 2 atom stereocenters. The van der Waals surface area contributed by atoms with Gasteiger partial charge in [-0.1, -0.05) is 6.92 Å². The number of fused-ring (bicyclic) bond motifs is 1. The minimum Gasteiger partial charge on any atom is -0.342 e. The molecular weight excluding hydrogens is 388 g/mol. The van der Waals surface area contributed by atoms with Crippen molar-refractivity contribution in [2.75, 3.05) is 17.3 Å². The van der Waals surface area contributed by atoms with E-state index in [1.165, 1.54) is 6.07 Å². The average Bonchev–Trinajstić information content (AvgIpc) is 3.35. The third kappa shape index (κ3) is 3.36. The van der Waals surface area contributed by atoms with Crippen LogP contribution in [0, 0.1) is 23.1 Å². The number of nitrogens with zero attached hydrogens (tertiary/aromatic N) is 4. The topological polar surface area (TPSA) is 74.0 Å². The summed E-state index contributed by atoms with van der Waals surface area (Å²) in [6.07, 6.45) is 1.30. The molecule has 30 heavy (non-hydrogen) atoms. The number of aryl methyl sites for hydroxylation is 2. The molecule has 0 spiro atoms. The Kier molecular flexibility index (Phi) is 4.90. The molecule has 154 valence electrons. The molecule has 4 rings (SSSR count). The van der Waals surface area contributed by atoms with E-state index in [-0.39, 0.29) is 17.9 Å². The summed E-state index contributed by atoms with van der Waals surface area (Å²) in [4.78, 5) is 18.4. The second-order valence-electron chi connectivity index (χ2n) is 7.55. The van der Waals surface area contributed by atoms with Crippen LogP contribution in [0.5, 0.6) is 0 Å². The van der Waals surface area contributed by atoms with Gasteiger partial charge >= 0.3 is 0 Å². The zero-order valence-corrected chi connectivity index (χ0v) is 16.9. The number of carbonyl (C=O) groups excluding carboxylic acids is 1. The quantitative estimate of drug-likeness (QED) is 0.685. The third-order valence-electron chi connectivity index (χ3n) is 5.50. The fourth-order valence-electron chi connectivity index (χ4n) is 3.66. The summed E-state index contributed by atoms with van der Waals surface area (Å²) >= 11 is 0. The van der Waals surface area contributed by atoms with Gasteiger partial charge in [-0.3, -0.25) is 4.79 Å². The summed E-state index contributed by atoms with van der Waals surface area (Å²) < 4.78 is 30.0. The van der Waals surface area contributed by atoms with Gasteiger partial charge in [0.15, 0.2) is 0 Å². The molecule has 1 saturated carbocycles. The summed E-state index contributed by atoms with van der Waals surface area (Å²) in [6.45, 7) is 1.90. The van der Waals surface area contributed by atoms with E-state index in [0.29, 0.717) is 34.6 Å². The first kappa shape index (κ1) is 19.8. The Labute approximate surface area is 172 Å². The summed E-state index contributed by atoms with van der Waals surface area (Å²) in [5.74, 6) is -1.51. The highest BCUT2D eigenvalue weighted by Gasteiger charge is 2.43. The molecule has 0 radical (unpaired) electrons. The van der Waals surface area contributed by atoms with E-state index < -0.39 is 17.9 Å². The SMILES string of the molecule is CCc1cc(C#N)cc(F)c1N(C)c1cc(NC(=O)[C@@H]2CC2F)c2ncn(C)c2c1. The van der Waals surface area contributed by atoms with E-state index in [9.17, 15) is 13.6 Å². The number of hydrogen-bond donors (Lipinski definition) is 1. The highest BCUT2D eigenvalue weighted by atomic mass is 19.1. The molecule has 1 aliphatic carbocycles. The van der Waals surface area contributed by atoms with Gasteiger partial charge in [-0.25, -0.2) is 13.8 Å². The maximum absolute atomic E-state index is 14.9. The number of carbonyl (C=O) groups is 1. The number of imidazole rings is 1. The van der Waals surface area contributed by atoms with Crippen LogP contribution >= 0.6 is 0 Å². The van der Waals surface area contributed by atoms with E-state index in [0.717, 1.165) is 5.52 Å². The Bertz CT molecular complexity index is 1200. The molecule has 1 fully saturated rings. The fraction of sp³-hybridized carbons (Fsp3) is 0.318. The molecule has 6 nitrogen and oxygen atoms in total. The minimum absolute atomic E-state index is 0.229. The predicted molar refractivity (Wildman–Crippen MR) is 111 cm³/mol. The zero-order chi connectivity index (χ0) is 21.6. The number of amides is 1. The van der Waals surface area contributed by atoms with Crippen LogP contribution in [0.25, 0.3) is 11.0 Å². The summed E-state index contributed by atoms with van der Waals surface area (Å²) in [5, 5.41) is 11.9. The van der Waals surface area contributed by atoms with Gasteiger partial charge in [0.05, 0.1) is 40.8 Å². The van der Waals surface area contributed by atoms with Crippen molar-refractivity contribution in [3.8, 4) is 6.07 Å². The second-order valence-corrected chi connectivity index (χ2v) is 7.55. The molecule has 1 N–H and O–H groups in total. The van der Waals surface area contributed by atoms with Crippen LogP contribution in [0.3, 0.4) is 0 Å². The Morgan fingerprint density at radius 1 is 1.40 bits per heavy atom. The van der Waals surface area contributed by atoms with E-state index in [1.54, 1.807) is 35.0 Å². The van der Waals surface area contributed by atoms with Gasteiger partial charge in [-0.05, 0) is 42.7 Å². The van der Waals surface area contributed by atoms with Gasteiger partial charge in [-0.15, -0.1) is 0 Å². The van der Waals surface area contributed by atoms with Crippen molar-refractivity contribution in [2.24, 2.45) is 13.0 Å². The maximum atomic E-state index is 14.9. The van der Waals surface area contributed by atoms with Crippen molar-refractivity contribution in [1.29, 1.82) is 5.26 Å². The molecule has 0 saturated heterocycles. The van der Waals surface area contributed by atoms with Gasteiger partial charge < -0.3 is 14.8 Å². The van der Waals surface area contributed by atoms with Crippen LogP contribution in [0.15, 0.2) is 30.6 Å². The standard InChI is InChI=1S/C22H21F2N5O/c1-4-13-5-12(10-25)6-17(24)21(13)29(3)14-7-18(27-22(30)15-9-16(15)23)20-19(8-14)28(2)11-26-20/h5-8,11,15-16H,4,9H2,1-3H3,(H,27,30)/t15-,16?/m1/s1. The number of hydrogen-bond acceptors (Lipinski definition) is 4. The number of nitriles is 1. The number of rotatable bonds is 5. The van der Waals surface area contributed by atoms with Crippen LogP contribution in [0.2, 0.25) is 0 Å². The van der Waals surface area contributed by atoms with Crippen molar-refractivity contribution in [3.05, 3.63) is 47.5 Å². The summed E-state index contributed by atoms with van der Waals surface area (Å²) in [6, 6.07) is 8.43. The number of anilines is 3. The lowest BCUT2D eigenvalue weighted by molar-refractivity contribution is -0.117. The Morgan fingerprint density at radius 3 is 2.77 bits per heavy atom. The molecule has 0 aliphatic heterocycles. The molecule has 1 aromatic heterocycles. The Hall–Kier alpha value is -3.47. The number of benzene rings is 2. The molecular formula is C22H21F2N5O. The largest absolute Gasteiger partial charge is 0.342 e. The van der Waals surface area contributed by atoms with Gasteiger partial charge in [-0.2, -0.15) is 5.26 Å². The maximum Gasteiger partial charge on any atom is 0.230 e. The van der Waals surface area contributed by atoms with Crippen molar-refractivity contribution in [3.63, 3.8) is 0 Å². The first-order valence-corrected chi connectivity index (χ1v) is 9.70. The third-order valence-corrected chi connectivity index (χ3v) is 5.50.